The van der Waals surface area contributed by atoms with Gasteiger partial charge >= 0.3 is 0 Å². The van der Waals surface area contributed by atoms with Crippen molar-refractivity contribution in [2.75, 3.05) is 6.54 Å². The van der Waals surface area contributed by atoms with Crippen molar-refractivity contribution in [3.8, 4) is 0 Å². The van der Waals surface area contributed by atoms with Gasteiger partial charge in [0.1, 0.15) is 5.82 Å². The maximum atomic E-state index is 10.4. The van der Waals surface area contributed by atoms with Crippen LogP contribution in [0.2, 0.25) is 0 Å². The number of aromatic nitrogens is 2. The van der Waals surface area contributed by atoms with Crippen LogP contribution in [0.1, 0.15) is 68.0 Å². The fraction of sp³-hybridized carbons (Fsp3) is 0.500. The molecule has 2 unspecified atom stereocenters. The van der Waals surface area contributed by atoms with Crippen LogP contribution >= 0.6 is 0 Å². The van der Waals surface area contributed by atoms with Crippen molar-refractivity contribution in [3.63, 3.8) is 0 Å². The molecule has 0 aliphatic heterocycles. The molecule has 0 bridgehead atoms. The van der Waals surface area contributed by atoms with E-state index in [1.54, 1.807) is 0 Å². The summed E-state index contributed by atoms with van der Waals surface area (Å²) in [5.74, 6) is 0.780. The molecule has 4 heteroatoms. The zero-order chi connectivity index (χ0) is 17.9. The first-order chi connectivity index (χ1) is 11.2. The normalized spacial score (nSPS) is 14.5. The Morgan fingerprint density at radius 2 is 1.75 bits per heavy atom. The van der Waals surface area contributed by atoms with Crippen LogP contribution in [0.5, 0.6) is 0 Å². The molecule has 1 aromatic heterocycles. The number of aliphatic hydroxyl groups excluding tert-OH is 1. The molecule has 0 saturated heterocycles. The molecule has 2 atom stereocenters. The third-order valence-electron chi connectivity index (χ3n) is 4.38. The van der Waals surface area contributed by atoms with Gasteiger partial charge in [0.05, 0.1) is 6.10 Å². The van der Waals surface area contributed by atoms with Gasteiger partial charge in [-0.05, 0) is 37.3 Å². The van der Waals surface area contributed by atoms with Crippen molar-refractivity contribution in [1.82, 2.24) is 15.3 Å². The van der Waals surface area contributed by atoms with Crippen LogP contribution in [0.15, 0.2) is 30.5 Å². The minimum atomic E-state index is -0.534. The smallest absolute Gasteiger partial charge is 0.125 e. The van der Waals surface area contributed by atoms with Gasteiger partial charge in [0.15, 0.2) is 0 Å². The molecule has 0 radical (unpaired) electrons. The van der Waals surface area contributed by atoms with Crippen LogP contribution in [-0.2, 0) is 5.41 Å². The second-order valence-corrected chi connectivity index (χ2v) is 7.48. The first-order valence-corrected chi connectivity index (χ1v) is 8.50. The molecule has 2 aromatic rings. The van der Waals surface area contributed by atoms with Gasteiger partial charge in [-0.3, -0.25) is 0 Å². The Balaban J connectivity index is 1.98. The van der Waals surface area contributed by atoms with E-state index in [1.807, 2.05) is 32.2 Å². The SMILES string of the molecule is Cc1ncc(C(C)NCC(O)c2ccc(C(C)(C)C)cc2)c(C)n1. The minimum Gasteiger partial charge on any atom is -0.387 e. The highest BCUT2D eigenvalue weighted by atomic mass is 16.3. The van der Waals surface area contributed by atoms with E-state index in [0.717, 1.165) is 22.6 Å². The summed E-state index contributed by atoms with van der Waals surface area (Å²) >= 11 is 0. The van der Waals surface area contributed by atoms with Crippen LogP contribution in [0, 0.1) is 13.8 Å². The summed E-state index contributed by atoms with van der Waals surface area (Å²) in [6.07, 6.45) is 1.33. The first kappa shape index (κ1) is 18.6. The molecule has 24 heavy (non-hydrogen) atoms. The lowest BCUT2D eigenvalue weighted by atomic mass is 9.86. The number of aryl methyl sites for hydroxylation is 2. The molecule has 0 aliphatic carbocycles. The number of nitrogens with zero attached hydrogens (tertiary/aromatic N) is 2. The van der Waals surface area contributed by atoms with Gasteiger partial charge in [-0.25, -0.2) is 9.97 Å². The maximum Gasteiger partial charge on any atom is 0.125 e. The molecule has 1 aromatic carbocycles. The molecule has 4 nitrogen and oxygen atoms in total. The Kier molecular flexibility index (Phi) is 5.73. The predicted octanol–water partition coefficient (Wildman–Crippen LogP) is 3.78. The fourth-order valence-corrected chi connectivity index (χ4v) is 2.74. The zero-order valence-corrected chi connectivity index (χ0v) is 15.6. The summed E-state index contributed by atoms with van der Waals surface area (Å²) in [4.78, 5) is 8.66. The number of rotatable bonds is 5. The van der Waals surface area contributed by atoms with E-state index in [0.29, 0.717) is 6.54 Å². The average Bonchev–Trinajstić information content (AvgIpc) is 2.51. The van der Waals surface area contributed by atoms with E-state index >= 15 is 0 Å². The molecule has 1 heterocycles. The molecule has 2 N–H and O–H groups in total. The van der Waals surface area contributed by atoms with Crippen LogP contribution < -0.4 is 5.32 Å². The predicted molar refractivity (Wildman–Crippen MR) is 98.0 cm³/mol. The second-order valence-electron chi connectivity index (χ2n) is 7.48. The van der Waals surface area contributed by atoms with Crippen molar-refractivity contribution in [2.24, 2.45) is 0 Å². The van der Waals surface area contributed by atoms with Crippen molar-refractivity contribution >= 4 is 0 Å². The van der Waals surface area contributed by atoms with Gasteiger partial charge in [-0.1, -0.05) is 45.0 Å². The largest absolute Gasteiger partial charge is 0.387 e. The summed E-state index contributed by atoms with van der Waals surface area (Å²) in [6, 6.07) is 8.31. The molecule has 0 saturated carbocycles. The Hall–Kier alpha value is -1.78. The van der Waals surface area contributed by atoms with Gasteiger partial charge in [0, 0.05) is 30.0 Å². The second kappa shape index (κ2) is 7.41. The lowest BCUT2D eigenvalue weighted by Gasteiger charge is -2.21. The number of nitrogens with one attached hydrogen (secondary N) is 1. The van der Waals surface area contributed by atoms with E-state index < -0.39 is 6.10 Å². The Bertz CT molecular complexity index is 674. The van der Waals surface area contributed by atoms with Gasteiger partial charge in [-0.2, -0.15) is 0 Å². The molecular formula is C20H29N3O. The molecular weight excluding hydrogens is 298 g/mol. The van der Waals surface area contributed by atoms with Crippen molar-refractivity contribution in [3.05, 3.63) is 58.7 Å². The third kappa shape index (κ3) is 4.62. The number of hydrogen-bond donors (Lipinski definition) is 2. The fourth-order valence-electron chi connectivity index (χ4n) is 2.74. The maximum absolute atomic E-state index is 10.4. The van der Waals surface area contributed by atoms with Gasteiger partial charge < -0.3 is 10.4 Å². The van der Waals surface area contributed by atoms with Gasteiger partial charge in [0.25, 0.3) is 0 Å². The average molecular weight is 327 g/mol. The molecule has 0 spiro atoms. The van der Waals surface area contributed by atoms with Crippen LogP contribution in [0.3, 0.4) is 0 Å². The molecule has 0 aliphatic rings. The Morgan fingerprint density at radius 1 is 1.12 bits per heavy atom. The van der Waals surface area contributed by atoms with Gasteiger partial charge in [0.2, 0.25) is 0 Å². The molecule has 130 valence electrons. The third-order valence-corrected chi connectivity index (χ3v) is 4.38. The summed E-state index contributed by atoms with van der Waals surface area (Å²) in [5.41, 5.74) is 4.37. The van der Waals surface area contributed by atoms with Crippen molar-refractivity contribution < 1.29 is 5.11 Å². The summed E-state index contributed by atoms with van der Waals surface area (Å²) in [5, 5.41) is 13.8. The number of hydrogen-bond acceptors (Lipinski definition) is 4. The lowest BCUT2D eigenvalue weighted by Crippen LogP contribution is -2.25. The topological polar surface area (TPSA) is 58.0 Å². The summed E-state index contributed by atoms with van der Waals surface area (Å²) in [7, 11) is 0. The highest BCUT2D eigenvalue weighted by Gasteiger charge is 2.16. The van der Waals surface area contributed by atoms with Crippen LogP contribution in [-0.4, -0.2) is 21.6 Å². The number of benzene rings is 1. The standard InChI is InChI=1S/C20H29N3O/c1-13(18-11-22-15(3)23-14(18)2)21-12-19(24)16-7-9-17(10-8-16)20(4,5)6/h7-11,13,19,21,24H,12H2,1-6H3. The van der Waals surface area contributed by atoms with Gasteiger partial charge in [-0.15, -0.1) is 0 Å². The highest BCUT2D eigenvalue weighted by molar-refractivity contribution is 5.29. The lowest BCUT2D eigenvalue weighted by molar-refractivity contribution is 0.170. The zero-order valence-electron chi connectivity index (χ0n) is 15.6. The Morgan fingerprint density at radius 3 is 2.29 bits per heavy atom. The van der Waals surface area contributed by atoms with E-state index in [-0.39, 0.29) is 11.5 Å². The molecule has 2 rings (SSSR count). The van der Waals surface area contributed by atoms with Crippen LogP contribution in [0.25, 0.3) is 0 Å². The number of aliphatic hydroxyl groups is 1. The Labute approximate surface area is 145 Å². The van der Waals surface area contributed by atoms with E-state index in [1.165, 1.54) is 5.56 Å². The minimum absolute atomic E-state index is 0.0918. The highest BCUT2D eigenvalue weighted by Crippen LogP contribution is 2.24. The van der Waals surface area contributed by atoms with Crippen molar-refractivity contribution in [2.45, 2.75) is 59.1 Å². The van der Waals surface area contributed by atoms with E-state index in [9.17, 15) is 5.11 Å². The molecule has 0 amide bonds. The first-order valence-electron chi connectivity index (χ1n) is 8.50. The van der Waals surface area contributed by atoms with Crippen LogP contribution in [0.4, 0.5) is 0 Å². The van der Waals surface area contributed by atoms with E-state index in [4.69, 9.17) is 0 Å². The quantitative estimate of drug-likeness (QED) is 0.877. The molecule has 0 fully saturated rings. The van der Waals surface area contributed by atoms with Crippen molar-refractivity contribution in [1.29, 1.82) is 0 Å². The summed E-state index contributed by atoms with van der Waals surface area (Å²) < 4.78 is 0. The summed E-state index contributed by atoms with van der Waals surface area (Å²) in [6.45, 7) is 13.0. The monoisotopic (exact) mass is 327 g/mol. The van der Waals surface area contributed by atoms with E-state index in [2.05, 4.69) is 55.1 Å².